The van der Waals surface area contributed by atoms with Crippen LogP contribution in [0.15, 0.2) is 5.51 Å². The Labute approximate surface area is 117 Å². The highest BCUT2D eigenvalue weighted by molar-refractivity contribution is 7.09. The molecule has 2 amide bonds. The molecule has 1 aromatic rings. The molecule has 1 aromatic heterocycles. The van der Waals surface area contributed by atoms with Crippen molar-refractivity contribution in [3.05, 3.63) is 16.1 Å². The third kappa shape index (κ3) is 2.78. The number of amides is 2. The first-order valence-corrected chi connectivity index (χ1v) is 7.33. The number of thiazole rings is 1. The van der Waals surface area contributed by atoms with Crippen LogP contribution in [0.3, 0.4) is 0 Å². The third-order valence-electron chi connectivity index (χ3n) is 3.67. The van der Waals surface area contributed by atoms with E-state index in [1.165, 1.54) is 0 Å². The molecule has 1 saturated heterocycles. The summed E-state index contributed by atoms with van der Waals surface area (Å²) in [6.07, 6.45) is 0.953. The van der Waals surface area contributed by atoms with Crippen LogP contribution >= 0.6 is 11.3 Å². The molecule has 0 aromatic carbocycles. The maximum Gasteiger partial charge on any atom is 0.248 e. The van der Waals surface area contributed by atoms with Crippen LogP contribution in [-0.2, 0) is 16.1 Å². The van der Waals surface area contributed by atoms with Gasteiger partial charge in [-0.3, -0.25) is 9.59 Å². The molecule has 0 radical (unpaired) electrons. The van der Waals surface area contributed by atoms with Crippen molar-refractivity contribution in [2.75, 3.05) is 6.54 Å². The van der Waals surface area contributed by atoms with Crippen molar-refractivity contribution in [3.8, 4) is 0 Å². The van der Waals surface area contributed by atoms with Gasteiger partial charge in [-0.2, -0.15) is 0 Å². The Morgan fingerprint density at radius 2 is 2.26 bits per heavy atom. The number of carbonyl (C=O) groups is 2. The zero-order chi connectivity index (χ0) is 14.0. The third-order valence-corrected chi connectivity index (χ3v) is 4.59. The summed E-state index contributed by atoms with van der Waals surface area (Å²) in [5.74, 6) is -0.0603. The zero-order valence-electron chi connectivity index (χ0n) is 11.5. The lowest BCUT2D eigenvalue weighted by Gasteiger charge is -2.31. The monoisotopic (exact) mass is 281 g/mol. The fourth-order valence-electron chi connectivity index (χ4n) is 2.15. The van der Waals surface area contributed by atoms with E-state index in [2.05, 4.69) is 10.3 Å². The number of carbonyl (C=O) groups excluding carboxylic acids is 2. The van der Waals surface area contributed by atoms with Gasteiger partial charge < -0.3 is 10.2 Å². The first-order valence-electron chi connectivity index (χ1n) is 6.45. The summed E-state index contributed by atoms with van der Waals surface area (Å²) in [5, 5.41) is 2.84. The second kappa shape index (κ2) is 5.28. The van der Waals surface area contributed by atoms with E-state index in [9.17, 15) is 9.59 Å². The minimum Gasteiger partial charge on any atom is -0.342 e. The standard InChI is InChI=1S/C13H19N3O2S/c1-4-13(3)12(18)16(6-5-11(17)15-13)7-10-9(2)14-8-19-10/h8H,4-7H2,1-3H3,(H,15,17). The smallest absolute Gasteiger partial charge is 0.248 e. The highest BCUT2D eigenvalue weighted by atomic mass is 32.1. The van der Waals surface area contributed by atoms with Gasteiger partial charge in [-0.1, -0.05) is 6.92 Å². The predicted molar refractivity (Wildman–Crippen MR) is 73.7 cm³/mol. The van der Waals surface area contributed by atoms with Crippen molar-refractivity contribution in [3.63, 3.8) is 0 Å². The minimum absolute atomic E-state index is 0.00588. The van der Waals surface area contributed by atoms with E-state index in [-0.39, 0.29) is 11.8 Å². The maximum absolute atomic E-state index is 12.6. The Balaban J connectivity index is 2.22. The van der Waals surface area contributed by atoms with Gasteiger partial charge in [0.25, 0.3) is 0 Å². The zero-order valence-corrected chi connectivity index (χ0v) is 12.3. The van der Waals surface area contributed by atoms with Crippen molar-refractivity contribution < 1.29 is 9.59 Å². The summed E-state index contributed by atoms with van der Waals surface area (Å²) < 4.78 is 0. The van der Waals surface area contributed by atoms with Crippen molar-refractivity contribution in [2.45, 2.75) is 45.7 Å². The van der Waals surface area contributed by atoms with Crippen LogP contribution in [0.2, 0.25) is 0 Å². The van der Waals surface area contributed by atoms with Crippen LogP contribution in [0.25, 0.3) is 0 Å². The summed E-state index contributed by atoms with van der Waals surface area (Å²) in [4.78, 5) is 31.3. The van der Waals surface area contributed by atoms with Gasteiger partial charge in [0, 0.05) is 17.8 Å². The average molecular weight is 281 g/mol. The van der Waals surface area contributed by atoms with Crippen LogP contribution in [0.5, 0.6) is 0 Å². The lowest BCUT2D eigenvalue weighted by atomic mass is 9.97. The number of hydrogen-bond donors (Lipinski definition) is 1. The molecule has 2 rings (SSSR count). The molecule has 1 atom stereocenters. The molecule has 0 saturated carbocycles. The minimum atomic E-state index is -0.786. The molecule has 19 heavy (non-hydrogen) atoms. The summed E-state index contributed by atoms with van der Waals surface area (Å²) in [5.41, 5.74) is 1.96. The van der Waals surface area contributed by atoms with E-state index < -0.39 is 5.54 Å². The molecular weight excluding hydrogens is 262 g/mol. The Bertz CT molecular complexity index is 500. The highest BCUT2D eigenvalue weighted by Gasteiger charge is 2.39. The van der Waals surface area contributed by atoms with Crippen molar-refractivity contribution >= 4 is 23.2 Å². The lowest BCUT2D eigenvalue weighted by molar-refractivity contribution is -0.138. The van der Waals surface area contributed by atoms with Crippen molar-refractivity contribution in [1.82, 2.24) is 15.2 Å². The SMILES string of the molecule is CCC1(C)NC(=O)CCN(Cc2scnc2C)C1=O. The quantitative estimate of drug-likeness (QED) is 0.912. The molecule has 1 unspecified atom stereocenters. The summed E-state index contributed by atoms with van der Waals surface area (Å²) in [7, 11) is 0. The molecule has 1 aliphatic heterocycles. The first-order chi connectivity index (χ1) is 8.96. The summed E-state index contributed by atoms with van der Waals surface area (Å²) >= 11 is 1.55. The molecule has 104 valence electrons. The average Bonchev–Trinajstić information content (AvgIpc) is 2.74. The summed E-state index contributed by atoms with van der Waals surface area (Å²) in [6, 6.07) is 0. The van der Waals surface area contributed by atoms with Crippen LogP contribution in [-0.4, -0.2) is 33.8 Å². The number of nitrogens with one attached hydrogen (secondary N) is 1. The van der Waals surface area contributed by atoms with Crippen molar-refractivity contribution in [1.29, 1.82) is 0 Å². The molecule has 1 fully saturated rings. The molecule has 6 heteroatoms. The highest BCUT2D eigenvalue weighted by Crippen LogP contribution is 2.22. The van der Waals surface area contributed by atoms with Crippen molar-refractivity contribution in [2.24, 2.45) is 0 Å². The van der Waals surface area contributed by atoms with Gasteiger partial charge in [-0.25, -0.2) is 4.98 Å². The normalized spacial score (nSPS) is 24.3. The van der Waals surface area contributed by atoms with Crippen LogP contribution < -0.4 is 5.32 Å². The number of aromatic nitrogens is 1. The van der Waals surface area contributed by atoms with Gasteiger partial charge in [0.1, 0.15) is 5.54 Å². The Kier molecular flexibility index (Phi) is 3.89. The van der Waals surface area contributed by atoms with Gasteiger partial charge in [0.15, 0.2) is 0 Å². The van der Waals surface area contributed by atoms with Crippen LogP contribution in [0.4, 0.5) is 0 Å². The van der Waals surface area contributed by atoms with Gasteiger partial charge >= 0.3 is 0 Å². The van der Waals surface area contributed by atoms with Gasteiger partial charge in [0.2, 0.25) is 11.8 Å². The fourth-order valence-corrected chi connectivity index (χ4v) is 2.94. The molecule has 1 N–H and O–H groups in total. The fraction of sp³-hybridized carbons (Fsp3) is 0.615. The van der Waals surface area contributed by atoms with Crippen LogP contribution in [0, 0.1) is 6.92 Å². The molecule has 0 spiro atoms. The number of rotatable bonds is 3. The van der Waals surface area contributed by atoms with Gasteiger partial charge in [-0.05, 0) is 20.3 Å². The van der Waals surface area contributed by atoms with E-state index in [0.29, 0.717) is 25.9 Å². The Morgan fingerprint density at radius 1 is 1.53 bits per heavy atom. The largest absolute Gasteiger partial charge is 0.342 e. The van der Waals surface area contributed by atoms with Crippen LogP contribution in [0.1, 0.15) is 37.3 Å². The van der Waals surface area contributed by atoms with E-state index >= 15 is 0 Å². The van der Waals surface area contributed by atoms with E-state index in [4.69, 9.17) is 0 Å². The molecular formula is C13H19N3O2S. The van der Waals surface area contributed by atoms with E-state index in [1.807, 2.05) is 13.8 Å². The lowest BCUT2D eigenvalue weighted by Crippen LogP contribution is -2.54. The molecule has 0 aliphatic carbocycles. The maximum atomic E-state index is 12.6. The second-order valence-corrected chi connectivity index (χ2v) is 6.01. The molecule has 2 heterocycles. The Morgan fingerprint density at radius 3 is 2.84 bits per heavy atom. The van der Waals surface area contributed by atoms with E-state index in [0.717, 1.165) is 10.6 Å². The number of hydrogen-bond acceptors (Lipinski definition) is 4. The van der Waals surface area contributed by atoms with Gasteiger partial charge in [0.05, 0.1) is 17.7 Å². The second-order valence-electron chi connectivity index (χ2n) is 5.07. The Hall–Kier alpha value is -1.43. The number of nitrogens with zero attached hydrogens (tertiary/aromatic N) is 2. The summed E-state index contributed by atoms with van der Waals surface area (Å²) in [6.45, 7) is 6.67. The van der Waals surface area contributed by atoms with Gasteiger partial charge in [-0.15, -0.1) is 11.3 Å². The van der Waals surface area contributed by atoms with E-state index in [1.54, 1.807) is 28.7 Å². The topological polar surface area (TPSA) is 62.3 Å². The molecule has 0 bridgehead atoms. The predicted octanol–water partition coefficient (Wildman–Crippen LogP) is 1.47. The molecule has 1 aliphatic rings. The number of aryl methyl sites for hydroxylation is 1. The molecule has 5 nitrogen and oxygen atoms in total. The first kappa shape index (κ1) is 14.0.